The first-order valence-corrected chi connectivity index (χ1v) is 5.17. The van der Waals surface area contributed by atoms with E-state index in [1.165, 1.54) is 12.2 Å². The quantitative estimate of drug-likeness (QED) is 0.433. The average Bonchev–Trinajstić information content (AvgIpc) is 2.30. The zero-order valence-electron chi connectivity index (χ0n) is 9.18. The third kappa shape index (κ3) is 4.55. The highest BCUT2D eigenvalue weighted by Gasteiger charge is 2.01. The van der Waals surface area contributed by atoms with Crippen LogP contribution in [0.4, 0.5) is 0 Å². The lowest BCUT2D eigenvalue weighted by atomic mass is 10.2. The van der Waals surface area contributed by atoms with Crippen molar-refractivity contribution in [1.82, 2.24) is 0 Å². The van der Waals surface area contributed by atoms with E-state index in [-0.39, 0.29) is 18.2 Å². The first kappa shape index (κ1) is 12.2. The molecule has 1 aromatic rings. The summed E-state index contributed by atoms with van der Waals surface area (Å²) in [5.74, 6) is 0.154. The van der Waals surface area contributed by atoms with E-state index in [0.717, 1.165) is 0 Å². The van der Waals surface area contributed by atoms with Gasteiger partial charge in [0.2, 0.25) is 0 Å². The third-order valence-corrected chi connectivity index (χ3v) is 1.91. The molecule has 0 radical (unpaired) electrons. The van der Waals surface area contributed by atoms with Gasteiger partial charge in [-0.15, -0.1) is 0 Å². The van der Waals surface area contributed by atoms with Crippen LogP contribution in [0.1, 0.15) is 19.8 Å². The Balaban J connectivity index is 2.37. The SMILES string of the molecule is CCC(=O)/C=C/CC(=O)Oc1ccccc1. The number of rotatable bonds is 5. The molecule has 0 amide bonds. The van der Waals surface area contributed by atoms with Crippen LogP contribution in [0, 0.1) is 0 Å². The molecule has 0 saturated heterocycles. The smallest absolute Gasteiger partial charge is 0.315 e. The normalized spacial score (nSPS) is 10.3. The fourth-order valence-electron chi connectivity index (χ4n) is 1.07. The summed E-state index contributed by atoms with van der Waals surface area (Å²) >= 11 is 0. The second-order valence-electron chi connectivity index (χ2n) is 3.21. The van der Waals surface area contributed by atoms with Gasteiger partial charge in [0.1, 0.15) is 5.75 Å². The minimum atomic E-state index is -0.369. The van der Waals surface area contributed by atoms with Crippen LogP contribution in [0.15, 0.2) is 42.5 Å². The van der Waals surface area contributed by atoms with Gasteiger partial charge in [-0.3, -0.25) is 9.59 Å². The molecular formula is C13H14O3. The average molecular weight is 218 g/mol. The van der Waals surface area contributed by atoms with Crippen molar-refractivity contribution in [2.24, 2.45) is 0 Å². The number of allylic oxidation sites excluding steroid dienone is 1. The van der Waals surface area contributed by atoms with Crippen molar-refractivity contribution in [3.63, 3.8) is 0 Å². The molecule has 0 atom stereocenters. The maximum absolute atomic E-state index is 11.3. The molecule has 0 saturated carbocycles. The number of carbonyl (C=O) groups excluding carboxylic acids is 2. The zero-order chi connectivity index (χ0) is 11.8. The van der Waals surface area contributed by atoms with E-state index < -0.39 is 0 Å². The Morgan fingerprint density at radius 1 is 1.25 bits per heavy atom. The Labute approximate surface area is 94.7 Å². The topological polar surface area (TPSA) is 43.4 Å². The molecular weight excluding hydrogens is 204 g/mol. The lowest BCUT2D eigenvalue weighted by Gasteiger charge is -2.00. The summed E-state index contributed by atoms with van der Waals surface area (Å²) in [6.07, 6.45) is 3.49. The van der Waals surface area contributed by atoms with Crippen molar-refractivity contribution < 1.29 is 14.3 Å². The van der Waals surface area contributed by atoms with Gasteiger partial charge in [-0.05, 0) is 18.2 Å². The van der Waals surface area contributed by atoms with Gasteiger partial charge in [0, 0.05) is 6.42 Å². The minimum absolute atomic E-state index is 0.00695. The van der Waals surface area contributed by atoms with Crippen LogP contribution in [0.5, 0.6) is 5.75 Å². The summed E-state index contributed by atoms with van der Waals surface area (Å²) in [6, 6.07) is 8.84. The van der Waals surface area contributed by atoms with Crippen LogP contribution in [0.2, 0.25) is 0 Å². The number of hydrogen-bond acceptors (Lipinski definition) is 3. The van der Waals surface area contributed by atoms with Crippen LogP contribution in [0.3, 0.4) is 0 Å². The molecule has 3 heteroatoms. The predicted octanol–water partition coefficient (Wildman–Crippen LogP) is 2.52. The van der Waals surface area contributed by atoms with Crippen molar-refractivity contribution in [3.8, 4) is 5.75 Å². The summed E-state index contributed by atoms with van der Waals surface area (Å²) < 4.78 is 5.03. The molecule has 0 aromatic heterocycles. The molecule has 0 aliphatic rings. The van der Waals surface area contributed by atoms with Crippen molar-refractivity contribution >= 4 is 11.8 Å². The van der Waals surface area contributed by atoms with Crippen LogP contribution in [0.25, 0.3) is 0 Å². The second-order valence-corrected chi connectivity index (χ2v) is 3.21. The van der Waals surface area contributed by atoms with Crippen molar-refractivity contribution in [2.75, 3.05) is 0 Å². The van der Waals surface area contributed by atoms with Crippen molar-refractivity contribution in [2.45, 2.75) is 19.8 Å². The number of benzene rings is 1. The van der Waals surface area contributed by atoms with E-state index in [4.69, 9.17) is 4.74 Å². The molecule has 0 spiro atoms. The van der Waals surface area contributed by atoms with Gasteiger partial charge in [0.25, 0.3) is 0 Å². The highest BCUT2D eigenvalue weighted by Crippen LogP contribution is 2.09. The molecule has 1 aromatic carbocycles. The Bertz CT molecular complexity index is 379. The first-order valence-electron chi connectivity index (χ1n) is 5.17. The second kappa shape index (κ2) is 6.56. The summed E-state index contributed by atoms with van der Waals surface area (Å²) in [5, 5.41) is 0. The van der Waals surface area contributed by atoms with Crippen LogP contribution in [-0.4, -0.2) is 11.8 Å². The van der Waals surface area contributed by atoms with E-state index in [2.05, 4.69) is 0 Å². The number of ether oxygens (including phenoxy) is 1. The first-order chi connectivity index (χ1) is 7.72. The maximum atomic E-state index is 11.3. The van der Waals surface area contributed by atoms with Crippen molar-refractivity contribution in [3.05, 3.63) is 42.5 Å². The van der Waals surface area contributed by atoms with Gasteiger partial charge in [-0.2, -0.15) is 0 Å². The number of hydrogen-bond donors (Lipinski definition) is 0. The van der Waals surface area contributed by atoms with Gasteiger partial charge in [0.15, 0.2) is 5.78 Å². The monoisotopic (exact) mass is 218 g/mol. The van der Waals surface area contributed by atoms with Crippen molar-refractivity contribution in [1.29, 1.82) is 0 Å². The van der Waals surface area contributed by atoms with E-state index in [0.29, 0.717) is 12.2 Å². The maximum Gasteiger partial charge on any atom is 0.315 e. The molecule has 16 heavy (non-hydrogen) atoms. The molecule has 0 aliphatic carbocycles. The number of carbonyl (C=O) groups is 2. The van der Waals surface area contributed by atoms with Gasteiger partial charge < -0.3 is 4.74 Å². The summed E-state index contributed by atoms with van der Waals surface area (Å²) in [5.41, 5.74) is 0. The summed E-state index contributed by atoms with van der Waals surface area (Å²) in [6.45, 7) is 1.77. The molecule has 84 valence electrons. The minimum Gasteiger partial charge on any atom is -0.426 e. The Kier molecular flexibility index (Phi) is 4.99. The summed E-state index contributed by atoms with van der Waals surface area (Å²) in [7, 11) is 0. The van der Waals surface area contributed by atoms with Crippen LogP contribution in [-0.2, 0) is 9.59 Å². The van der Waals surface area contributed by atoms with E-state index in [1.807, 2.05) is 6.07 Å². The lowest BCUT2D eigenvalue weighted by Crippen LogP contribution is -2.06. The number of ketones is 1. The molecule has 0 N–H and O–H groups in total. The molecule has 0 unspecified atom stereocenters. The highest BCUT2D eigenvalue weighted by atomic mass is 16.5. The predicted molar refractivity (Wildman–Crippen MR) is 61.1 cm³/mol. The third-order valence-electron chi connectivity index (χ3n) is 1.91. The Morgan fingerprint density at radius 3 is 2.56 bits per heavy atom. The molecule has 0 aliphatic heterocycles. The molecule has 0 heterocycles. The number of esters is 1. The van der Waals surface area contributed by atoms with E-state index >= 15 is 0 Å². The fraction of sp³-hybridized carbons (Fsp3) is 0.231. The molecule has 3 nitrogen and oxygen atoms in total. The van der Waals surface area contributed by atoms with Crippen LogP contribution < -0.4 is 4.74 Å². The highest BCUT2D eigenvalue weighted by molar-refractivity contribution is 5.90. The standard InChI is InChI=1S/C13H14O3/c1-2-11(14)7-6-10-13(15)16-12-8-4-3-5-9-12/h3-9H,2,10H2,1H3/b7-6+. The molecule has 0 fully saturated rings. The van der Waals surface area contributed by atoms with Gasteiger partial charge in [-0.25, -0.2) is 0 Å². The number of para-hydroxylation sites is 1. The molecule has 1 rings (SSSR count). The van der Waals surface area contributed by atoms with Gasteiger partial charge in [-0.1, -0.05) is 31.2 Å². The largest absolute Gasteiger partial charge is 0.426 e. The Hall–Kier alpha value is -1.90. The summed E-state index contributed by atoms with van der Waals surface area (Å²) in [4.78, 5) is 22.2. The van der Waals surface area contributed by atoms with Crippen LogP contribution >= 0.6 is 0 Å². The lowest BCUT2D eigenvalue weighted by molar-refractivity contribution is -0.133. The van der Waals surface area contributed by atoms with Gasteiger partial charge >= 0.3 is 5.97 Å². The Morgan fingerprint density at radius 2 is 1.94 bits per heavy atom. The molecule has 0 bridgehead atoms. The van der Waals surface area contributed by atoms with E-state index in [1.54, 1.807) is 31.2 Å². The fourth-order valence-corrected chi connectivity index (χ4v) is 1.07. The van der Waals surface area contributed by atoms with E-state index in [9.17, 15) is 9.59 Å². The van der Waals surface area contributed by atoms with Gasteiger partial charge in [0.05, 0.1) is 6.42 Å². The zero-order valence-corrected chi connectivity index (χ0v) is 9.18.